The molecule has 1 aliphatic carbocycles. The molecule has 8 heteroatoms. The molecule has 1 saturated carbocycles. The second kappa shape index (κ2) is 9.01. The molecular weight excluding hydrogens is 383 g/mol. The van der Waals surface area contributed by atoms with E-state index in [0.29, 0.717) is 42.8 Å². The summed E-state index contributed by atoms with van der Waals surface area (Å²) in [5.41, 5.74) is 2.34. The molecule has 1 aliphatic heterocycles. The molecule has 2 aromatic rings. The fourth-order valence-electron chi connectivity index (χ4n) is 3.65. The first kappa shape index (κ1) is 19.3. The maximum atomic E-state index is 13.4. The Labute approximate surface area is 168 Å². The molecule has 0 bridgehead atoms. The van der Waals surface area contributed by atoms with Crippen molar-refractivity contribution in [1.29, 1.82) is 0 Å². The van der Waals surface area contributed by atoms with Gasteiger partial charge in [-0.3, -0.25) is 0 Å². The Morgan fingerprint density at radius 2 is 1.79 bits per heavy atom. The van der Waals surface area contributed by atoms with Crippen molar-refractivity contribution in [2.24, 2.45) is 0 Å². The lowest BCUT2D eigenvalue weighted by Gasteiger charge is -2.27. The van der Waals surface area contributed by atoms with Gasteiger partial charge in [-0.15, -0.1) is 0 Å². The van der Waals surface area contributed by atoms with Crippen molar-refractivity contribution < 1.29 is 13.9 Å². The van der Waals surface area contributed by atoms with Crippen molar-refractivity contribution in [3.8, 4) is 17.1 Å². The van der Waals surface area contributed by atoms with E-state index in [4.69, 9.17) is 21.1 Å². The molecule has 0 atom stereocenters. The van der Waals surface area contributed by atoms with E-state index in [1.807, 2.05) is 0 Å². The van der Waals surface area contributed by atoms with Crippen LogP contribution in [0.15, 0.2) is 24.7 Å². The van der Waals surface area contributed by atoms with E-state index >= 15 is 0 Å². The Hall–Kier alpha value is -1.99. The molecule has 1 N–H and O–H groups in total. The summed E-state index contributed by atoms with van der Waals surface area (Å²) < 4.78 is 24.6. The number of pyridine rings is 1. The number of ether oxygens (including phenoxy) is 2. The van der Waals surface area contributed by atoms with Crippen molar-refractivity contribution in [1.82, 2.24) is 15.0 Å². The van der Waals surface area contributed by atoms with E-state index < -0.39 is 6.17 Å². The molecule has 0 unspecified atom stereocenters. The van der Waals surface area contributed by atoms with Crippen LogP contribution in [0.3, 0.4) is 0 Å². The van der Waals surface area contributed by atoms with Crippen molar-refractivity contribution in [2.75, 3.05) is 18.5 Å². The minimum Gasteiger partial charge on any atom is -0.473 e. The normalized spacial score (nSPS) is 23.4. The van der Waals surface area contributed by atoms with Crippen molar-refractivity contribution >= 4 is 17.3 Å². The van der Waals surface area contributed by atoms with Crippen LogP contribution in [0.4, 0.5) is 10.1 Å². The fourth-order valence-corrected chi connectivity index (χ4v) is 3.81. The van der Waals surface area contributed by atoms with Crippen LogP contribution in [0.25, 0.3) is 11.3 Å². The smallest absolute Gasteiger partial charge is 0.232 e. The summed E-state index contributed by atoms with van der Waals surface area (Å²) in [6.07, 6.45) is 8.93. The number of halogens is 2. The van der Waals surface area contributed by atoms with E-state index in [-0.39, 0.29) is 12.1 Å². The molecule has 28 heavy (non-hydrogen) atoms. The summed E-state index contributed by atoms with van der Waals surface area (Å²) in [5.74, 6) is 0.508. The molecule has 0 spiro atoms. The molecule has 150 valence electrons. The van der Waals surface area contributed by atoms with E-state index in [0.717, 1.165) is 36.9 Å². The number of nitrogens with one attached hydrogen (secondary N) is 1. The number of nitrogens with zero attached hydrogens (tertiary/aromatic N) is 3. The topological polar surface area (TPSA) is 69.2 Å². The third-order valence-electron chi connectivity index (χ3n) is 5.25. The van der Waals surface area contributed by atoms with E-state index in [1.54, 1.807) is 24.7 Å². The van der Waals surface area contributed by atoms with Crippen LogP contribution in [0.5, 0.6) is 5.88 Å². The molecule has 2 aliphatic rings. The lowest BCUT2D eigenvalue weighted by molar-refractivity contribution is 0.0236. The van der Waals surface area contributed by atoms with Gasteiger partial charge in [-0.05, 0) is 31.7 Å². The molecule has 0 radical (unpaired) electrons. The number of aromatic nitrogens is 3. The number of alkyl halides is 1. The molecule has 1 saturated heterocycles. The van der Waals surface area contributed by atoms with Gasteiger partial charge in [-0.1, -0.05) is 11.6 Å². The standard InChI is InChI=1S/C20H24ClFN4O2/c21-19-9-17(26-14-3-1-13(22)2-4-14)16(10-24-19)18-11-25-20(12-23-18)28-15-5-7-27-8-6-15/h9-15H,1-8H2,(H,24,26). The third kappa shape index (κ3) is 4.89. The molecule has 0 amide bonds. The predicted molar refractivity (Wildman–Crippen MR) is 106 cm³/mol. The van der Waals surface area contributed by atoms with Gasteiger partial charge in [0.2, 0.25) is 5.88 Å². The maximum absolute atomic E-state index is 13.4. The second-order valence-electron chi connectivity index (χ2n) is 7.32. The Morgan fingerprint density at radius 3 is 2.50 bits per heavy atom. The number of hydrogen-bond acceptors (Lipinski definition) is 6. The fraction of sp³-hybridized carbons (Fsp3) is 0.550. The van der Waals surface area contributed by atoms with Gasteiger partial charge in [-0.25, -0.2) is 19.3 Å². The minimum absolute atomic E-state index is 0.119. The Bertz CT molecular complexity index is 778. The molecular formula is C20H24ClFN4O2. The molecule has 2 aromatic heterocycles. The Morgan fingerprint density at radius 1 is 1.00 bits per heavy atom. The Kier molecular flexibility index (Phi) is 6.22. The van der Waals surface area contributed by atoms with Crippen LogP contribution >= 0.6 is 11.6 Å². The summed E-state index contributed by atoms with van der Waals surface area (Å²) in [7, 11) is 0. The first-order chi connectivity index (χ1) is 13.7. The van der Waals surface area contributed by atoms with Crippen LogP contribution in [0, 0.1) is 0 Å². The van der Waals surface area contributed by atoms with Crippen molar-refractivity contribution in [3.05, 3.63) is 29.8 Å². The highest BCUT2D eigenvalue weighted by molar-refractivity contribution is 6.29. The number of anilines is 1. The van der Waals surface area contributed by atoms with Gasteiger partial charge < -0.3 is 14.8 Å². The zero-order valence-electron chi connectivity index (χ0n) is 15.6. The second-order valence-corrected chi connectivity index (χ2v) is 7.70. The summed E-state index contributed by atoms with van der Waals surface area (Å²) in [6, 6.07) is 2.00. The highest BCUT2D eigenvalue weighted by Crippen LogP contribution is 2.31. The quantitative estimate of drug-likeness (QED) is 0.740. The van der Waals surface area contributed by atoms with Crippen molar-refractivity contribution in [3.63, 3.8) is 0 Å². The number of rotatable bonds is 5. The largest absolute Gasteiger partial charge is 0.473 e. The van der Waals surface area contributed by atoms with Crippen LogP contribution in [-0.4, -0.2) is 46.5 Å². The summed E-state index contributed by atoms with van der Waals surface area (Å²) >= 11 is 6.10. The first-order valence-electron chi connectivity index (χ1n) is 9.80. The van der Waals surface area contributed by atoms with E-state index in [1.165, 1.54) is 0 Å². The molecule has 0 aromatic carbocycles. The summed E-state index contributed by atoms with van der Waals surface area (Å²) in [5, 5.41) is 3.89. The van der Waals surface area contributed by atoms with Gasteiger partial charge in [0.25, 0.3) is 0 Å². The highest BCUT2D eigenvalue weighted by Gasteiger charge is 2.22. The van der Waals surface area contributed by atoms with Gasteiger partial charge in [0.15, 0.2) is 0 Å². The zero-order valence-corrected chi connectivity index (χ0v) is 16.4. The summed E-state index contributed by atoms with van der Waals surface area (Å²) in [4.78, 5) is 13.1. The lowest BCUT2D eigenvalue weighted by Crippen LogP contribution is -2.27. The zero-order chi connectivity index (χ0) is 19.3. The first-order valence-corrected chi connectivity index (χ1v) is 10.2. The van der Waals surface area contributed by atoms with E-state index in [9.17, 15) is 4.39 Å². The molecule has 6 nitrogen and oxygen atoms in total. The monoisotopic (exact) mass is 406 g/mol. The maximum Gasteiger partial charge on any atom is 0.232 e. The van der Waals surface area contributed by atoms with Gasteiger partial charge in [-0.2, -0.15) is 0 Å². The average molecular weight is 407 g/mol. The van der Waals surface area contributed by atoms with Gasteiger partial charge in [0, 0.05) is 36.3 Å². The molecule has 3 heterocycles. The van der Waals surface area contributed by atoms with Gasteiger partial charge in [0.05, 0.1) is 31.3 Å². The lowest BCUT2D eigenvalue weighted by atomic mass is 9.93. The van der Waals surface area contributed by atoms with Gasteiger partial charge in [0.1, 0.15) is 17.4 Å². The van der Waals surface area contributed by atoms with Crippen LogP contribution in [-0.2, 0) is 4.74 Å². The average Bonchev–Trinajstić information content (AvgIpc) is 2.72. The molecule has 4 rings (SSSR count). The highest BCUT2D eigenvalue weighted by atomic mass is 35.5. The van der Waals surface area contributed by atoms with Crippen molar-refractivity contribution in [2.45, 2.75) is 56.8 Å². The predicted octanol–water partition coefficient (Wildman–Crippen LogP) is 4.44. The SMILES string of the molecule is FC1CCC(Nc2cc(Cl)ncc2-c2cnc(OC3CCOCC3)cn2)CC1. The van der Waals surface area contributed by atoms with Crippen LogP contribution < -0.4 is 10.1 Å². The number of hydrogen-bond donors (Lipinski definition) is 1. The van der Waals surface area contributed by atoms with E-state index in [2.05, 4.69) is 20.3 Å². The third-order valence-corrected chi connectivity index (χ3v) is 5.45. The minimum atomic E-state index is -0.687. The van der Waals surface area contributed by atoms with Crippen LogP contribution in [0.1, 0.15) is 38.5 Å². The summed E-state index contributed by atoms with van der Waals surface area (Å²) in [6.45, 7) is 1.43. The Balaban J connectivity index is 1.48. The van der Waals surface area contributed by atoms with Gasteiger partial charge >= 0.3 is 0 Å². The molecule has 2 fully saturated rings. The van der Waals surface area contributed by atoms with Crippen LogP contribution in [0.2, 0.25) is 5.15 Å².